The minimum absolute atomic E-state index is 0.0971. The topological polar surface area (TPSA) is 94.7 Å². The second-order valence-corrected chi connectivity index (χ2v) is 10.3. The Morgan fingerprint density at radius 3 is 2.45 bits per heavy atom. The van der Waals surface area contributed by atoms with Crippen LogP contribution in [0.1, 0.15) is 36.1 Å². The molecular formula is C30H33N3O5. The number of aromatic nitrogens is 2. The van der Waals surface area contributed by atoms with E-state index in [0.29, 0.717) is 24.7 Å². The maximum absolute atomic E-state index is 12.4. The number of carbonyl (C=O) groups is 1. The Kier molecular flexibility index (Phi) is 6.86. The molecule has 8 heteroatoms. The molecule has 1 saturated heterocycles. The van der Waals surface area contributed by atoms with E-state index in [1.54, 1.807) is 12.1 Å². The van der Waals surface area contributed by atoms with Gasteiger partial charge in [-0.15, -0.1) is 0 Å². The number of aromatic amines is 1. The third kappa shape index (κ3) is 5.66. The Bertz CT molecular complexity index is 1480. The molecule has 4 aromatic rings. The highest BCUT2D eigenvalue weighted by Gasteiger charge is 2.33. The van der Waals surface area contributed by atoms with Crippen molar-refractivity contribution in [2.24, 2.45) is 0 Å². The van der Waals surface area contributed by atoms with E-state index in [2.05, 4.69) is 10.3 Å². The number of anilines is 1. The molecule has 3 aromatic carbocycles. The molecule has 5 rings (SSSR count). The molecule has 38 heavy (non-hydrogen) atoms. The van der Waals surface area contributed by atoms with Crippen LogP contribution in [0, 0.1) is 27.7 Å². The lowest BCUT2D eigenvalue weighted by atomic mass is 10.0. The van der Waals surface area contributed by atoms with Crippen LogP contribution in [0.15, 0.2) is 48.5 Å². The third-order valence-electron chi connectivity index (χ3n) is 6.66. The number of nitrogens with zero attached hydrogens (tertiary/aromatic N) is 1. The maximum Gasteiger partial charge on any atom is 0.417 e. The quantitative estimate of drug-likeness (QED) is 0.300. The van der Waals surface area contributed by atoms with Gasteiger partial charge in [0, 0.05) is 17.3 Å². The number of nitrogens with one attached hydrogen (secondary N) is 2. The van der Waals surface area contributed by atoms with Crippen molar-refractivity contribution in [2.75, 3.05) is 18.5 Å². The number of rotatable bonds is 6. The zero-order valence-electron chi connectivity index (χ0n) is 22.6. The fourth-order valence-corrected chi connectivity index (χ4v) is 4.66. The summed E-state index contributed by atoms with van der Waals surface area (Å²) in [6.45, 7) is 12.8. The van der Waals surface area contributed by atoms with Crippen molar-refractivity contribution in [3.63, 3.8) is 0 Å². The Balaban J connectivity index is 1.29. The van der Waals surface area contributed by atoms with Crippen LogP contribution in [-0.2, 0) is 9.47 Å². The molecule has 1 amide bonds. The predicted octanol–water partition coefficient (Wildman–Crippen LogP) is 6.60. The zero-order valence-corrected chi connectivity index (χ0v) is 22.6. The Labute approximate surface area is 222 Å². The Morgan fingerprint density at radius 1 is 1.00 bits per heavy atom. The van der Waals surface area contributed by atoms with E-state index in [9.17, 15) is 4.79 Å². The van der Waals surface area contributed by atoms with Gasteiger partial charge in [-0.2, -0.15) is 0 Å². The molecule has 0 unspecified atom stereocenters. The summed E-state index contributed by atoms with van der Waals surface area (Å²) < 4.78 is 23.0. The lowest BCUT2D eigenvalue weighted by Crippen LogP contribution is -2.25. The zero-order chi connectivity index (χ0) is 27.0. The summed E-state index contributed by atoms with van der Waals surface area (Å²) in [5.74, 6) is 1.37. The molecule has 1 fully saturated rings. The van der Waals surface area contributed by atoms with Crippen LogP contribution >= 0.6 is 0 Å². The molecule has 8 nitrogen and oxygen atoms in total. The van der Waals surface area contributed by atoms with E-state index < -0.39 is 11.9 Å². The van der Waals surface area contributed by atoms with Gasteiger partial charge in [0.1, 0.15) is 30.0 Å². The number of H-pyrrole nitrogens is 1. The molecule has 1 aliphatic heterocycles. The van der Waals surface area contributed by atoms with Crippen LogP contribution < -0.4 is 14.8 Å². The van der Waals surface area contributed by atoms with E-state index in [-0.39, 0.29) is 6.10 Å². The molecule has 0 saturated carbocycles. The largest absolute Gasteiger partial charge is 0.491 e. The molecule has 198 valence electrons. The van der Waals surface area contributed by atoms with Gasteiger partial charge in [0.25, 0.3) is 0 Å². The standard InChI is InChI=1S/C30H33N3O5/c1-17-7-8-21(11-18(17)2)31-29(34)37-22-9-10-25-26(14-22)33-28(32-25)27-19(3)12-23(13-20(27)4)35-15-24-16-36-30(5,6)38-24/h7-14,24H,15-16H2,1-6H3,(H,31,34)(H,32,33)/t24-/m1/s1. The lowest BCUT2D eigenvalue weighted by molar-refractivity contribution is -0.141. The highest BCUT2D eigenvalue weighted by atomic mass is 16.7. The molecule has 0 aliphatic carbocycles. The van der Waals surface area contributed by atoms with Gasteiger partial charge in [-0.3, -0.25) is 5.32 Å². The normalized spacial score (nSPS) is 16.5. The van der Waals surface area contributed by atoms with Crippen molar-refractivity contribution in [2.45, 2.75) is 53.4 Å². The number of amides is 1. The average Bonchev–Trinajstić information content (AvgIpc) is 3.41. The minimum Gasteiger partial charge on any atom is -0.491 e. The first-order valence-corrected chi connectivity index (χ1v) is 12.7. The molecule has 0 radical (unpaired) electrons. The van der Waals surface area contributed by atoms with Crippen molar-refractivity contribution < 1.29 is 23.7 Å². The number of imidazole rings is 1. The molecule has 0 bridgehead atoms. The second kappa shape index (κ2) is 10.1. The van der Waals surface area contributed by atoms with Gasteiger partial charge >= 0.3 is 6.09 Å². The predicted molar refractivity (Wildman–Crippen MR) is 147 cm³/mol. The molecule has 1 aromatic heterocycles. The van der Waals surface area contributed by atoms with Crippen LogP contribution in [-0.4, -0.2) is 41.2 Å². The average molecular weight is 516 g/mol. The number of aryl methyl sites for hydroxylation is 4. The lowest BCUT2D eigenvalue weighted by Gasteiger charge is -2.18. The number of hydrogen-bond donors (Lipinski definition) is 2. The van der Waals surface area contributed by atoms with Crippen LogP contribution in [0.4, 0.5) is 10.5 Å². The molecule has 2 N–H and O–H groups in total. The smallest absolute Gasteiger partial charge is 0.417 e. The first-order valence-electron chi connectivity index (χ1n) is 12.7. The van der Waals surface area contributed by atoms with Crippen molar-refractivity contribution in [1.29, 1.82) is 0 Å². The summed E-state index contributed by atoms with van der Waals surface area (Å²) in [4.78, 5) is 20.6. The SMILES string of the molecule is Cc1ccc(NC(=O)Oc2ccc3nc(-c4c(C)cc(OC[C@@H]5COC(C)(C)O5)cc4C)[nH]c3c2)cc1C. The molecule has 1 atom stereocenters. The summed E-state index contributed by atoms with van der Waals surface area (Å²) in [6, 6.07) is 15.1. The van der Waals surface area contributed by atoms with E-state index in [4.69, 9.17) is 23.9 Å². The van der Waals surface area contributed by atoms with E-state index in [1.165, 1.54) is 0 Å². The Hall–Kier alpha value is -3.88. The van der Waals surface area contributed by atoms with Gasteiger partial charge in [0.15, 0.2) is 5.79 Å². The van der Waals surface area contributed by atoms with Crippen molar-refractivity contribution >= 4 is 22.8 Å². The van der Waals surface area contributed by atoms with Crippen molar-refractivity contribution in [1.82, 2.24) is 9.97 Å². The number of ether oxygens (including phenoxy) is 4. The fourth-order valence-electron chi connectivity index (χ4n) is 4.66. The summed E-state index contributed by atoms with van der Waals surface area (Å²) in [5, 5.41) is 2.78. The summed E-state index contributed by atoms with van der Waals surface area (Å²) >= 11 is 0. The highest BCUT2D eigenvalue weighted by Crippen LogP contribution is 2.32. The van der Waals surface area contributed by atoms with E-state index in [0.717, 1.165) is 50.4 Å². The van der Waals surface area contributed by atoms with Crippen molar-refractivity contribution in [3.8, 4) is 22.9 Å². The first kappa shape index (κ1) is 25.8. The highest BCUT2D eigenvalue weighted by molar-refractivity contribution is 5.88. The summed E-state index contributed by atoms with van der Waals surface area (Å²) in [5.41, 5.74) is 7.58. The van der Waals surface area contributed by atoms with E-state index in [1.807, 2.05) is 77.9 Å². The van der Waals surface area contributed by atoms with Gasteiger partial charge in [-0.25, -0.2) is 9.78 Å². The van der Waals surface area contributed by atoms with Gasteiger partial charge in [-0.1, -0.05) is 6.07 Å². The number of carbonyl (C=O) groups excluding carboxylic acids is 1. The second-order valence-electron chi connectivity index (χ2n) is 10.3. The summed E-state index contributed by atoms with van der Waals surface area (Å²) in [7, 11) is 0. The van der Waals surface area contributed by atoms with Gasteiger partial charge in [0.2, 0.25) is 0 Å². The number of hydrogen-bond acceptors (Lipinski definition) is 6. The molecule has 0 spiro atoms. The van der Waals surface area contributed by atoms with E-state index >= 15 is 0 Å². The van der Waals surface area contributed by atoms with Gasteiger partial charge < -0.3 is 23.9 Å². The van der Waals surface area contributed by atoms with Crippen LogP contribution in [0.3, 0.4) is 0 Å². The van der Waals surface area contributed by atoms with Gasteiger partial charge in [-0.05, 0) is 100 Å². The first-order chi connectivity index (χ1) is 18.1. The monoisotopic (exact) mass is 515 g/mol. The molecule has 2 heterocycles. The van der Waals surface area contributed by atoms with Crippen LogP contribution in [0.25, 0.3) is 22.4 Å². The van der Waals surface area contributed by atoms with Crippen LogP contribution in [0.5, 0.6) is 11.5 Å². The van der Waals surface area contributed by atoms with Gasteiger partial charge in [0.05, 0.1) is 17.6 Å². The minimum atomic E-state index is -0.570. The maximum atomic E-state index is 12.4. The fraction of sp³-hybridized carbons (Fsp3) is 0.333. The van der Waals surface area contributed by atoms with Crippen LogP contribution in [0.2, 0.25) is 0 Å². The third-order valence-corrected chi connectivity index (χ3v) is 6.66. The number of benzene rings is 3. The summed E-state index contributed by atoms with van der Waals surface area (Å²) in [6.07, 6.45) is -0.645. The van der Waals surface area contributed by atoms with Crippen molar-refractivity contribution in [3.05, 3.63) is 70.8 Å². The Morgan fingerprint density at radius 2 is 1.76 bits per heavy atom. The molecular weight excluding hydrogens is 482 g/mol. The number of fused-ring (bicyclic) bond motifs is 1. The molecule has 1 aliphatic rings.